The zero-order valence-electron chi connectivity index (χ0n) is 12.4. The van der Waals surface area contributed by atoms with Crippen LogP contribution in [0.1, 0.15) is 24.1 Å². The lowest BCUT2D eigenvalue weighted by Crippen LogP contribution is -2.24. The summed E-state index contributed by atoms with van der Waals surface area (Å²) in [5.41, 5.74) is 2.18. The number of aromatic amines is 1. The van der Waals surface area contributed by atoms with Gasteiger partial charge in [-0.1, -0.05) is 18.2 Å². The summed E-state index contributed by atoms with van der Waals surface area (Å²) in [7, 11) is 0. The number of hydrogen-bond acceptors (Lipinski definition) is 4. The molecule has 0 saturated heterocycles. The Morgan fingerprint density at radius 3 is 3.05 bits per heavy atom. The summed E-state index contributed by atoms with van der Waals surface area (Å²) in [6.07, 6.45) is 1.99. The molecule has 0 radical (unpaired) electrons. The summed E-state index contributed by atoms with van der Waals surface area (Å²) in [6, 6.07) is 9.61. The number of anilines is 1. The Bertz CT molecular complexity index is 624. The summed E-state index contributed by atoms with van der Waals surface area (Å²) in [5.74, 6) is 1.48. The Hall–Kier alpha value is -2.34. The molecule has 1 aliphatic rings. The number of nitrogens with one attached hydrogen (secondary N) is 3. The van der Waals surface area contributed by atoms with Crippen molar-refractivity contribution in [2.75, 3.05) is 18.5 Å². The number of carbonyl (C=O) groups is 1. The molecule has 0 bridgehead atoms. The van der Waals surface area contributed by atoms with Crippen molar-refractivity contribution in [2.24, 2.45) is 0 Å². The number of carbonyl (C=O) groups excluding carboxylic acids is 1. The molecule has 1 aromatic heterocycles. The number of amides is 1. The van der Waals surface area contributed by atoms with Crippen molar-refractivity contribution in [3.63, 3.8) is 0 Å². The van der Waals surface area contributed by atoms with Crippen LogP contribution in [0.3, 0.4) is 0 Å². The van der Waals surface area contributed by atoms with E-state index >= 15 is 0 Å². The number of rotatable bonds is 6. The van der Waals surface area contributed by atoms with E-state index in [1.807, 2.05) is 30.3 Å². The Morgan fingerprint density at radius 1 is 1.32 bits per heavy atom. The average molecular weight is 300 g/mol. The molecule has 0 spiro atoms. The van der Waals surface area contributed by atoms with Crippen LogP contribution in [0, 0.1) is 0 Å². The number of benzene rings is 1. The fraction of sp³-hybridized carbons (Fsp3) is 0.375. The van der Waals surface area contributed by atoms with Gasteiger partial charge >= 0.3 is 0 Å². The van der Waals surface area contributed by atoms with E-state index in [0.717, 1.165) is 36.5 Å². The Morgan fingerprint density at radius 2 is 2.18 bits per heavy atom. The van der Waals surface area contributed by atoms with Gasteiger partial charge in [-0.25, -0.2) is 0 Å². The quantitative estimate of drug-likeness (QED) is 0.711. The van der Waals surface area contributed by atoms with E-state index in [9.17, 15) is 4.79 Å². The minimum Gasteiger partial charge on any atom is -0.494 e. The maximum absolute atomic E-state index is 12.0. The number of nitrogens with zero attached hydrogens (tertiary/aromatic N) is 1. The lowest BCUT2D eigenvalue weighted by atomic mass is 10.1. The first kappa shape index (κ1) is 14.6. The fourth-order valence-electron chi connectivity index (χ4n) is 2.48. The van der Waals surface area contributed by atoms with Gasteiger partial charge in [0.2, 0.25) is 5.91 Å². The zero-order chi connectivity index (χ0) is 15.2. The van der Waals surface area contributed by atoms with Gasteiger partial charge in [0.25, 0.3) is 0 Å². The second-order valence-corrected chi connectivity index (χ2v) is 5.27. The molecule has 6 heteroatoms. The largest absolute Gasteiger partial charge is 0.494 e. The van der Waals surface area contributed by atoms with E-state index in [4.69, 9.17) is 4.74 Å². The zero-order valence-corrected chi connectivity index (χ0v) is 12.4. The third-order valence-corrected chi connectivity index (χ3v) is 3.62. The van der Waals surface area contributed by atoms with Crippen LogP contribution in [-0.4, -0.2) is 29.3 Å². The first-order valence-corrected chi connectivity index (χ1v) is 7.57. The van der Waals surface area contributed by atoms with Crippen molar-refractivity contribution in [2.45, 2.75) is 25.8 Å². The molecule has 6 nitrogen and oxygen atoms in total. The molecule has 3 N–H and O–H groups in total. The third-order valence-electron chi connectivity index (χ3n) is 3.62. The van der Waals surface area contributed by atoms with Gasteiger partial charge in [0.15, 0.2) is 5.82 Å². The Kier molecular flexibility index (Phi) is 4.70. The normalized spacial score (nSPS) is 13.5. The lowest BCUT2D eigenvalue weighted by molar-refractivity contribution is -0.116. The maximum atomic E-state index is 12.0. The standard InChI is InChI=1S/C16H20N4O2/c21-15(7-4-10-22-12-5-2-1-3-6-12)18-16-13-8-9-17-11-14(13)19-20-16/h1-3,5-6,17H,4,7-11H2,(H2,18,19,20,21). The van der Waals surface area contributed by atoms with Crippen LogP contribution in [0.4, 0.5) is 5.82 Å². The van der Waals surface area contributed by atoms with E-state index in [1.165, 1.54) is 0 Å². The van der Waals surface area contributed by atoms with Crippen LogP contribution < -0.4 is 15.4 Å². The van der Waals surface area contributed by atoms with Crippen LogP contribution in [0.15, 0.2) is 30.3 Å². The topological polar surface area (TPSA) is 79.0 Å². The predicted molar refractivity (Wildman–Crippen MR) is 83.8 cm³/mol. The molecule has 2 heterocycles. The number of para-hydroxylation sites is 1. The van der Waals surface area contributed by atoms with Crippen LogP contribution in [0.2, 0.25) is 0 Å². The first-order valence-electron chi connectivity index (χ1n) is 7.57. The minimum absolute atomic E-state index is 0.0236. The monoisotopic (exact) mass is 300 g/mol. The Balaban J connectivity index is 1.42. The highest BCUT2D eigenvalue weighted by Gasteiger charge is 2.17. The van der Waals surface area contributed by atoms with Crippen molar-refractivity contribution in [1.29, 1.82) is 0 Å². The first-order chi connectivity index (χ1) is 10.8. The molecule has 0 fully saturated rings. The summed E-state index contributed by atoms with van der Waals surface area (Å²) in [4.78, 5) is 12.0. The van der Waals surface area contributed by atoms with Crippen LogP contribution in [0.25, 0.3) is 0 Å². The fourth-order valence-corrected chi connectivity index (χ4v) is 2.48. The van der Waals surface area contributed by atoms with Crippen molar-refractivity contribution < 1.29 is 9.53 Å². The van der Waals surface area contributed by atoms with Gasteiger partial charge in [0.05, 0.1) is 12.3 Å². The van der Waals surface area contributed by atoms with E-state index < -0.39 is 0 Å². The number of ether oxygens (including phenoxy) is 1. The molecule has 116 valence electrons. The highest BCUT2D eigenvalue weighted by molar-refractivity contribution is 5.90. The van der Waals surface area contributed by atoms with Gasteiger partial charge in [0.1, 0.15) is 5.75 Å². The van der Waals surface area contributed by atoms with Gasteiger partial charge in [-0.3, -0.25) is 9.89 Å². The predicted octanol–water partition coefficient (Wildman–Crippen LogP) is 1.85. The summed E-state index contributed by atoms with van der Waals surface area (Å²) in [6.45, 7) is 2.23. The molecule has 0 saturated carbocycles. The van der Waals surface area contributed by atoms with Gasteiger partial charge in [-0.2, -0.15) is 5.10 Å². The van der Waals surface area contributed by atoms with Crippen LogP contribution in [0.5, 0.6) is 5.75 Å². The van der Waals surface area contributed by atoms with Gasteiger partial charge in [0, 0.05) is 18.5 Å². The Labute approximate surface area is 129 Å². The molecule has 1 amide bonds. The van der Waals surface area contributed by atoms with Crippen molar-refractivity contribution in [1.82, 2.24) is 15.5 Å². The molecule has 0 unspecified atom stereocenters. The maximum Gasteiger partial charge on any atom is 0.225 e. The van der Waals surface area contributed by atoms with E-state index in [2.05, 4.69) is 20.8 Å². The molecule has 1 aromatic carbocycles. The second kappa shape index (κ2) is 7.09. The van der Waals surface area contributed by atoms with E-state index in [1.54, 1.807) is 0 Å². The number of hydrogen-bond donors (Lipinski definition) is 3. The van der Waals surface area contributed by atoms with Gasteiger partial charge in [-0.15, -0.1) is 0 Å². The minimum atomic E-state index is -0.0236. The molecule has 0 aliphatic carbocycles. The van der Waals surface area contributed by atoms with Crippen LogP contribution in [-0.2, 0) is 17.8 Å². The summed E-state index contributed by atoms with van der Waals surface area (Å²) >= 11 is 0. The molecule has 0 atom stereocenters. The van der Waals surface area contributed by atoms with Crippen molar-refractivity contribution in [3.8, 4) is 5.75 Å². The third kappa shape index (κ3) is 3.65. The van der Waals surface area contributed by atoms with E-state index in [-0.39, 0.29) is 5.91 Å². The summed E-state index contributed by atoms with van der Waals surface area (Å²) < 4.78 is 5.57. The molecule has 2 aromatic rings. The average Bonchev–Trinajstić information content (AvgIpc) is 2.96. The second-order valence-electron chi connectivity index (χ2n) is 5.27. The van der Waals surface area contributed by atoms with Crippen molar-refractivity contribution in [3.05, 3.63) is 41.6 Å². The molecule has 1 aliphatic heterocycles. The molecule has 22 heavy (non-hydrogen) atoms. The number of fused-ring (bicyclic) bond motifs is 1. The van der Waals surface area contributed by atoms with Gasteiger partial charge in [-0.05, 0) is 31.5 Å². The molecular formula is C16H20N4O2. The smallest absolute Gasteiger partial charge is 0.225 e. The number of aromatic nitrogens is 2. The van der Waals surface area contributed by atoms with Gasteiger partial charge < -0.3 is 15.4 Å². The highest BCUT2D eigenvalue weighted by Crippen LogP contribution is 2.20. The lowest BCUT2D eigenvalue weighted by Gasteiger charge is -2.13. The highest BCUT2D eigenvalue weighted by atomic mass is 16.5. The summed E-state index contributed by atoms with van der Waals surface area (Å²) in [5, 5.41) is 13.3. The number of H-pyrrole nitrogens is 1. The molecular weight excluding hydrogens is 280 g/mol. The SMILES string of the molecule is O=C(CCCOc1ccccc1)Nc1n[nH]c2c1CCNC2. The van der Waals surface area contributed by atoms with E-state index in [0.29, 0.717) is 25.3 Å². The molecule has 3 rings (SSSR count). The van der Waals surface area contributed by atoms with Crippen LogP contribution >= 0.6 is 0 Å². The van der Waals surface area contributed by atoms with Crippen molar-refractivity contribution >= 4 is 11.7 Å².